The molecule has 3 heteroatoms. The first kappa shape index (κ1) is 15.0. The molecular weight excluding hydrogens is 296 g/mol. The third kappa shape index (κ3) is 2.15. The number of fused-ring (bicyclic) bond motifs is 2. The van der Waals surface area contributed by atoms with Crippen LogP contribution in [0, 0.1) is 13.8 Å². The molecule has 4 rings (SSSR count). The Balaban J connectivity index is 1.78. The van der Waals surface area contributed by atoms with E-state index in [1.807, 2.05) is 17.0 Å². The summed E-state index contributed by atoms with van der Waals surface area (Å²) in [6.45, 7) is 5.04. The molecule has 3 aromatic rings. The third-order valence-corrected chi connectivity index (χ3v) is 5.41. The average Bonchev–Trinajstić information content (AvgIpc) is 2.84. The Morgan fingerprint density at radius 3 is 2.71 bits per heavy atom. The van der Waals surface area contributed by atoms with Crippen LogP contribution in [0.1, 0.15) is 33.6 Å². The summed E-state index contributed by atoms with van der Waals surface area (Å²) in [4.78, 5) is 15.1. The molecule has 0 bridgehead atoms. The topological polar surface area (TPSA) is 25.2 Å². The maximum atomic E-state index is 13.1. The smallest absolute Gasteiger partial charge is 0.258 e. The number of amides is 1. The van der Waals surface area contributed by atoms with E-state index >= 15 is 0 Å². The molecule has 122 valence electrons. The van der Waals surface area contributed by atoms with Gasteiger partial charge in [-0.2, -0.15) is 0 Å². The van der Waals surface area contributed by atoms with E-state index in [4.69, 9.17) is 0 Å². The number of para-hydroxylation sites is 1. The second kappa shape index (κ2) is 5.52. The van der Waals surface area contributed by atoms with Crippen molar-refractivity contribution in [3.8, 4) is 0 Å². The third-order valence-electron chi connectivity index (χ3n) is 5.41. The number of benzene rings is 2. The van der Waals surface area contributed by atoms with Crippen LogP contribution < -0.4 is 4.90 Å². The highest BCUT2D eigenvalue weighted by Crippen LogP contribution is 2.30. The first-order valence-electron chi connectivity index (χ1n) is 8.53. The Kier molecular flexibility index (Phi) is 3.45. The molecule has 0 spiro atoms. The van der Waals surface area contributed by atoms with Crippen LogP contribution >= 0.6 is 0 Å². The summed E-state index contributed by atoms with van der Waals surface area (Å²) in [7, 11) is 2.08. The van der Waals surface area contributed by atoms with Gasteiger partial charge in [-0.3, -0.25) is 4.79 Å². The van der Waals surface area contributed by atoms with Crippen LogP contribution in [-0.2, 0) is 13.5 Å². The fourth-order valence-electron chi connectivity index (χ4n) is 3.79. The van der Waals surface area contributed by atoms with Crippen molar-refractivity contribution in [1.29, 1.82) is 0 Å². The van der Waals surface area contributed by atoms with Crippen molar-refractivity contribution in [2.45, 2.75) is 26.7 Å². The zero-order chi connectivity index (χ0) is 16.8. The fourth-order valence-corrected chi connectivity index (χ4v) is 3.79. The number of hydrogen-bond donors (Lipinski definition) is 0. The van der Waals surface area contributed by atoms with E-state index < -0.39 is 0 Å². The zero-order valence-corrected chi connectivity index (χ0v) is 14.5. The van der Waals surface area contributed by atoms with Gasteiger partial charge in [-0.05, 0) is 62.1 Å². The predicted molar refractivity (Wildman–Crippen MR) is 98.8 cm³/mol. The van der Waals surface area contributed by atoms with Crippen molar-refractivity contribution < 1.29 is 4.79 Å². The molecule has 1 aliphatic rings. The maximum absolute atomic E-state index is 13.1. The lowest BCUT2D eigenvalue weighted by molar-refractivity contribution is 0.0985. The fraction of sp³-hybridized carbons (Fsp3) is 0.286. The molecule has 3 nitrogen and oxygen atoms in total. The Morgan fingerprint density at radius 1 is 1.08 bits per heavy atom. The van der Waals surface area contributed by atoms with Crippen LogP contribution in [0.3, 0.4) is 0 Å². The molecule has 0 N–H and O–H groups in total. The first-order valence-corrected chi connectivity index (χ1v) is 8.53. The molecule has 0 fully saturated rings. The molecule has 0 radical (unpaired) electrons. The van der Waals surface area contributed by atoms with Gasteiger partial charge in [0.15, 0.2) is 0 Å². The zero-order valence-electron chi connectivity index (χ0n) is 14.5. The van der Waals surface area contributed by atoms with Crippen molar-refractivity contribution in [2.24, 2.45) is 7.05 Å². The summed E-state index contributed by atoms with van der Waals surface area (Å²) < 4.78 is 2.19. The second-order valence-electron chi connectivity index (χ2n) is 6.69. The lowest BCUT2D eigenvalue weighted by atomic mass is 10.0. The van der Waals surface area contributed by atoms with Crippen LogP contribution in [0.25, 0.3) is 10.9 Å². The van der Waals surface area contributed by atoms with Crippen molar-refractivity contribution in [2.75, 3.05) is 11.4 Å². The summed E-state index contributed by atoms with van der Waals surface area (Å²) in [5.74, 6) is 0.102. The lowest BCUT2D eigenvalue weighted by Crippen LogP contribution is -2.35. The Hall–Kier alpha value is -2.55. The summed E-state index contributed by atoms with van der Waals surface area (Å²) in [5.41, 5.74) is 6.78. The lowest BCUT2D eigenvalue weighted by Gasteiger charge is -2.29. The number of nitrogens with zero attached hydrogens (tertiary/aromatic N) is 2. The number of rotatable bonds is 1. The molecule has 2 aromatic carbocycles. The first-order chi connectivity index (χ1) is 11.6. The maximum Gasteiger partial charge on any atom is 0.258 e. The summed E-state index contributed by atoms with van der Waals surface area (Å²) in [5, 5.41) is 1.17. The number of carbonyl (C=O) groups is 1. The van der Waals surface area contributed by atoms with Gasteiger partial charge in [0.25, 0.3) is 5.91 Å². The van der Waals surface area contributed by atoms with Gasteiger partial charge in [-0.15, -0.1) is 0 Å². The molecule has 0 unspecified atom stereocenters. The molecule has 0 atom stereocenters. The van der Waals surface area contributed by atoms with E-state index in [1.165, 1.54) is 27.7 Å². The van der Waals surface area contributed by atoms with E-state index in [9.17, 15) is 4.79 Å². The molecule has 24 heavy (non-hydrogen) atoms. The van der Waals surface area contributed by atoms with Crippen LogP contribution in [-0.4, -0.2) is 17.0 Å². The van der Waals surface area contributed by atoms with Gasteiger partial charge in [0.05, 0.1) is 0 Å². The van der Waals surface area contributed by atoms with E-state index in [0.717, 1.165) is 30.6 Å². The minimum Gasteiger partial charge on any atom is -0.348 e. The van der Waals surface area contributed by atoms with E-state index in [2.05, 4.69) is 55.8 Å². The average molecular weight is 318 g/mol. The summed E-state index contributed by atoms with van der Waals surface area (Å²) in [6, 6.07) is 14.3. The van der Waals surface area contributed by atoms with E-state index in [1.54, 1.807) is 0 Å². The van der Waals surface area contributed by atoms with Crippen LogP contribution in [0.2, 0.25) is 0 Å². The van der Waals surface area contributed by atoms with Gasteiger partial charge in [0.2, 0.25) is 0 Å². The van der Waals surface area contributed by atoms with Gasteiger partial charge in [-0.1, -0.05) is 18.2 Å². The summed E-state index contributed by atoms with van der Waals surface area (Å²) >= 11 is 0. The van der Waals surface area contributed by atoms with Crippen molar-refractivity contribution in [3.63, 3.8) is 0 Å². The molecule has 1 amide bonds. The molecule has 0 saturated heterocycles. The second-order valence-corrected chi connectivity index (χ2v) is 6.69. The van der Waals surface area contributed by atoms with Gasteiger partial charge < -0.3 is 9.47 Å². The van der Waals surface area contributed by atoms with Crippen LogP contribution in [0.4, 0.5) is 5.69 Å². The minimum absolute atomic E-state index is 0.102. The molecule has 2 heterocycles. The van der Waals surface area contributed by atoms with Crippen LogP contribution in [0.15, 0.2) is 42.5 Å². The van der Waals surface area contributed by atoms with E-state index in [0.29, 0.717) is 0 Å². The van der Waals surface area contributed by atoms with E-state index in [-0.39, 0.29) is 5.91 Å². The highest BCUT2D eigenvalue weighted by Gasteiger charge is 2.23. The minimum atomic E-state index is 0.102. The molecule has 0 aliphatic carbocycles. The van der Waals surface area contributed by atoms with Gasteiger partial charge in [0, 0.05) is 41.4 Å². The Bertz CT molecular complexity index is 952. The van der Waals surface area contributed by atoms with Gasteiger partial charge >= 0.3 is 0 Å². The quantitative estimate of drug-likeness (QED) is 0.653. The largest absolute Gasteiger partial charge is 0.348 e. The number of aromatic nitrogens is 1. The molecule has 1 aromatic heterocycles. The molecule has 0 saturated carbocycles. The Labute approximate surface area is 142 Å². The van der Waals surface area contributed by atoms with Gasteiger partial charge in [-0.25, -0.2) is 0 Å². The molecule has 1 aliphatic heterocycles. The summed E-state index contributed by atoms with van der Waals surface area (Å²) in [6.07, 6.45) is 2.07. The standard InChI is InChI=1S/C21H22N2O/c1-14-15(2)22(3)20-11-10-17(13-18(14)20)21(24)23-12-6-8-16-7-4-5-9-19(16)23/h4-5,7,9-11,13H,6,8,12H2,1-3H3. The van der Waals surface area contributed by atoms with Crippen molar-refractivity contribution >= 4 is 22.5 Å². The number of aryl methyl sites for hydroxylation is 3. The van der Waals surface area contributed by atoms with Crippen LogP contribution in [0.5, 0.6) is 0 Å². The Morgan fingerprint density at radius 2 is 1.88 bits per heavy atom. The SMILES string of the molecule is Cc1c(C)n(C)c2ccc(C(=O)N3CCCc4ccccc43)cc12. The molecular formula is C21H22N2O. The van der Waals surface area contributed by atoms with Crippen molar-refractivity contribution in [1.82, 2.24) is 4.57 Å². The number of anilines is 1. The van der Waals surface area contributed by atoms with Crippen molar-refractivity contribution in [3.05, 3.63) is 64.8 Å². The highest BCUT2D eigenvalue weighted by atomic mass is 16.2. The normalized spacial score (nSPS) is 14.0. The predicted octanol–water partition coefficient (Wildman–Crippen LogP) is 4.39. The van der Waals surface area contributed by atoms with Gasteiger partial charge in [0.1, 0.15) is 0 Å². The highest BCUT2D eigenvalue weighted by molar-refractivity contribution is 6.08. The number of carbonyl (C=O) groups excluding carboxylic acids is 1. The number of hydrogen-bond acceptors (Lipinski definition) is 1. The monoisotopic (exact) mass is 318 g/mol.